The molecule has 9 nitrogen and oxygen atoms in total. The van der Waals surface area contributed by atoms with E-state index in [1.54, 1.807) is 0 Å². The molecule has 0 saturated carbocycles. The lowest BCUT2D eigenvalue weighted by molar-refractivity contribution is -0.154. The van der Waals surface area contributed by atoms with Crippen molar-refractivity contribution in [2.24, 2.45) is 5.92 Å². The van der Waals surface area contributed by atoms with E-state index in [4.69, 9.17) is 18.9 Å². The van der Waals surface area contributed by atoms with Crippen molar-refractivity contribution in [3.8, 4) is 17.2 Å². The summed E-state index contributed by atoms with van der Waals surface area (Å²) in [5.74, 6) is -1.30. The third-order valence-corrected chi connectivity index (χ3v) is 6.21. The Morgan fingerprint density at radius 1 is 1.08 bits per heavy atom. The Balaban J connectivity index is 1.54. The summed E-state index contributed by atoms with van der Waals surface area (Å²) < 4.78 is 23.1. The van der Waals surface area contributed by atoms with Crippen molar-refractivity contribution in [3.05, 3.63) is 84.2 Å². The quantitative estimate of drug-likeness (QED) is 0.470. The maximum atomic E-state index is 13.1. The molecule has 0 radical (unpaired) electrons. The molecule has 1 aromatic heterocycles. The van der Waals surface area contributed by atoms with Gasteiger partial charge in [0, 0.05) is 18.2 Å². The molecule has 1 amide bonds. The number of esters is 1. The molecule has 4 unspecified atom stereocenters. The number of aromatic nitrogens is 1. The van der Waals surface area contributed by atoms with Crippen LogP contribution in [0.4, 0.5) is 0 Å². The lowest BCUT2D eigenvalue weighted by Gasteiger charge is -2.31. The summed E-state index contributed by atoms with van der Waals surface area (Å²) in [5.41, 5.74) is 0.799. The zero-order chi connectivity index (χ0) is 26.2. The van der Waals surface area contributed by atoms with Gasteiger partial charge in [0.1, 0.15) is 18.0 Å². The predicted molar refractivity (Wildman–Crippen MR) is 135 cm³/mol. The van der Waals surface area contributed by atoms with Crippen molar-refractivity contribution in [2.45, 2.75) is 31.6 Å². The Morgan fingerprint density at radius 2 is 1.78 bits per heavy atom. The second-order valence-electron chi connectivity index (χ2n) is 8.74. The van der Waals surface area contributed by atoms with Crippen LogP contribution in [0.1, 0.15) is 23.0 Å². The van der Waals surface area contributed by atoms with Crippen LogP contribution < -0.4 is 14.8 Å². The van der Waals surface area contributed by atoms with Crippen molar-refractivity contribution in [3.63, 3.8) is 0 Å². The smallest absolute Gasteiger partial charge is 0.331 e. The summed E-state index contributed by atoms with van der Waals surface area (Å²) in [6.45, 7) is 1.84. The topological polar surface area (TPSA) is 116 Å². The SMILES string of the molecule is COc1ccnc(C(=O)NC2COCC(Oc3ccccc3)C(Cc3ccccc3)C(C)OC2=O)c1O. The van der Waals surface area contributed by atoms with Gasteiger partial charge in [0.25, 0.3) is 5.91 Å². The first-order valence-corrected chi connectivity index (χ1v) is 12.0. The number of cyclic esters (lactones) is 1. The minimum absolute atomic E-state index is 0.0896. The number of methoxy groups -OCH3 is 1. The first kappa shape index (κ1) is 26.0. The van der Waals surface area contributed by atoms with E-state index < -0.39 is 35.9 Å². The molecular weight excluding hydrogens is 476 g/mol. The molecule has 0 aliphatic carbocycles. The highest BCUT2D eigenvalue weighted by Gasteiger charge is 2.36. The van der Waals surface area contributed by atoms with Gasteiger partial charge in [0.05, 0.1) is 20.3 Å². The van der Waals surface area contributed by atoms with Gasteiger partial charge in [-0.1, -0.05) is 48.5 Å². The molecule has 1 saturated heterocycles. The average Bonchev–Trinajstić information content (AvgIpc) is 2.95. The monoisotopic (exact) mass is 506 g/mol. The molecule has 0 bridgehead atoms. The molecule has 3 aromatic rings. The largest absolute Gasteiger partial charge is 0.503 e. The molecule has 194 valence electrons. The van der Waals surface area contributed by atoms with E-state index in [9.17, 15) is 14.7 Å². The van der Waals surface area contributed by atoms with Gasteiger partial charge < -0.3 is 29.4 Å². The first-order chi connectivity index (χ1) is 18.0. The van der Waals surface area contributed by atoms with Crippen LogP contribution >= 0.6 is 0 Å². The number of amides is 1. The third-order valence-electron chi connectivity index (χ3n) is 6.21. The standard InChI is InChI=1S/C28H30N2O7/c1-18-21(15-19-9-5-3-6-10-19)24(37-20-11-7-4-8-12-20)17-35-16-22(28(33)36-18)30-27(32)25-26(31)23(34-2)13-14-29-25/h3-14,18,21-22,24,31H,15-17H2,1-2H3,(H,30,32). The fraction of sp³-hybridized carbons (Fsp3) is 0.321. The summed E-state index contributed by atoms with van der Waals surface area (Å²) in [5, 5.41) is 12.8. The molecule has 1 fully saturated rings. The van der Waals surface area contributed by atoms with Crippen LogP contribution in [0, 0.1) is 5.92 Å². The van der Waals surface area contributed by atoms with Crippen LogP contribution in [0.5, 0.6) is 17.2 Å². The van der Waals surface area contributed by atoms with Gasteiger partial charge in [-0.2, -0.15) is 0 Å². The number of carbonyl (C=O) groups excluding carboxylic acids is 2. The van der Waals surface area contributed by atoms with Crippen LogP contribution in [0.15, 0.2) is 72.9 Å². The number of hydrogen-bond donors (Lipinski definition) is 2. The van der Waals surface area contributed by atoms with E-state index in [0.29, 0.717) is 12.2 Å². The van der Waals surface area contributed by atoms with Gasteiger partial charge in [0.2, 0.25) is 0 Å². The maximum absolute atomic E-state index is 13.1. The number of para-hydroxylation sites is 1. The van der Waals surface area contributed by atoms with Gasteiger partial charge in [-0.05, 0) is 31.0 Å². The Labute approximate surface area is 215 Å². The average molecular weight is 507 g/mol. The Bertz CT molecular complexity index is 1190. The van der Waals surface area contributed by atoms with Crippen molar-refractivity contribution in [2.75, 3.05) is 20.3 Å². The summed E-state index contributed by atoms with van der Waals surface area (Å²) in [7, 11) is 1.36. The van der Waals surface area contributed by atoms with E-state index >= 15 is 0 Å². The Hall–Kier alpha value is -4.11. The highest BCUT2D eigenvalue weighted by molar-refractivity contribution is 5.98. The number of nitrogens with one attached hydrogen (secondary N) is 1. The zero-order valence-electron chi connectivity index (χ0n) is 20.7. The molecule has 2 N–H and O–H groups in total. The molecule has 4 rings (SSSR count). The molecule has 2 heterocycles. The van der Waals surface area contributed by atoms with Crippen LogP contribution in [0.25, 0.3) is 0 Å². The summed E-state index contributed by atoms with van der Waals surface area (Å²) in [4.78, 5) is 29.9. The number of aromatic hydroxyl groups is 1. The maximum Gasteiger partial charge on any atom is 0.331 e. The summed E-state index contributed by atoms with van der Waals surface area (Å²) >= 11 is 0. The minimum atomic E-state index is -1.12. The number of rotatable bonds is 7. The molecule has 0 spiro atoms. The van der Waals surface area contributed by atoms with Crippen molar-refractivity contribution >= 4 is 11.9 Å². The number of benzene rings is 2. The van der Waals surface area contributed by atoms with Crippen molar-refractivity contribution < 1.29 is 33.6 Å². The summed E-state index contributed by atoms with van der Waals surface area (Å²) in [6, 6.07) is 19.6. The predicted octanol–water partition coefficient (Wildman–Crippen LogP) is 3.16. The number of pyridine rings is 1. The lowest BCUT2D eigenvalue weighted by atomic mass is 9.89. The van der Waals surface area contributed by atoms with Gasteiger partial charge in [-0.15, -0.1) is 0 Å². The fourth-order valence-electron chi connectivity index (χ4n) is 4.22. The van der Waals surface area contributed by atoms with Crippen molar-refractivity contribution in [1.29, 1.82) is 0 Å². The number of carbonyl (C=O) groups is 2. The molecule has 9 heteroatoms. The van der Waals surface area contributed by atoms with E-state index in [-0.39, 0.29) is 30.6 Å². The molecule has 1 aliphatic rings. The van der Waals surface area contributed by atoms with Gasteiger partial charge in [-0.25, -0.2) is 9.78 Å². The van der Waals surface area contributed by atoms with E-state index in [2.05, 4.69) is 10.3 Å². The van der Waals surface area contributed by atoms with Crippen LogP contribution in [-0.2, 0) is 20.7 Å². The highest BCUT2D eigenvalue weighted by Crippen LogP contribution is 2.28. The third kappa shape index (κ3) is 6.56. The second-order valence-corrected chi connectivity index (χ2v) is 8.74. The number of ether oxygens (including phenoxy) is 4. The van der Waals surface area contributed by atoms with Gasteiger partial charge >= 0.3 is 5.97 Å². The Morgan fingerprint density at radius 3 is 2.49 bits per heavy atom. The lowest BCUT2D eigenvalue weighted by Crippen LogP contribution is -2.46. The highest BCUT2D eigenvalue weighted by atomic mass is 16.6. The zero-order valence-corrected chi connectivity index (χ0v) is 20.7. The van der Waals surface area contributed by atoms with Crippen LogP contribution in [0.2, 0.25) is 0 Å². The second kappa shape index (κ2) is 12.2. The van der Waals surface area contributed by atoms with E-state index in [1.807, 2.05) is 67.6 Å². The molecule has 2 aromatic carbocycles. The molecule has 4 atom stereocenters. The fourth-order valence-corrected chi connectivity index (χ4v) is 4.22. The van der Waals surface area contributed by atoms with Gasteiger partial charge in [0.15, 0.2) is 23.2 Å². The van der Waals surface area contributed by atoms with E-state index in [0.717, 1.165) is 5.56 Å². The van der Waals surface area contributed by atoms with E-state index in [1.165, 1.54) is 19.4 Å². The van der Waals surface area contributed by atoms with Crippen molar-refractivity contribution in [1.82, 2.24) is 10.3 Å². The molecular formula is C28H30N2O7. The minimum Gasteiger partial charge on any atom is -0.503 e. The molecule has 37 heavy (non-hydrogen) atoms. The molecule has 1 aliphatic heterocycles. The number of hydrogen-bond acceptors (Lipinski definition) is 8. The normalized spacial score (nSPS) is 22.1. The van der Waals surface area contributed by atoms with Crippen LogP contribution in [0.3, 0.4) is 0 Å². The number of nitrogens with zero attached hydrogens (tertiary/aromatic N) is 1. The summed E-state index contributed by atoms with van der Waals surface area (Å²) in [6.07, 6.45) is 0.942. The van der Waals surface area contributed by atoms with Gasteiger partial charge in [-0.3, -0.25) is 4.79 Å². The van der Waals surface area contributed by atoms with Crippen LogP contribution in [-0.4, -0.2) is 60.5 Å². The Kier molecular flexibility index (Phi) is 8.58. The first-order valence-electron chi connectivity index (χ1n) is 12.0.